The van der Waals surface area contributed by atoms with Crippen LogP contribution in [0.4, 0.5) is 4.39 Å². The summed E-state index contributed by atoms with van der Waals surface area (Å²) in [5.41, 5.74) is 1.87. The van der Waals surface area contributed by atoms with Crippen molar-refractivity contribution in [2.24, 2.45) is 14.1 Å². The highest BCUT2D eigenvalue weighted by atomic mass is 19.1. The molecule has 0 aliphatic heterocycles. The molecule has 2 heterocycles. The van der Waals surface area contributed by atoms with Gasteiger partial charge in [-0.25, -0.2) is 14.2 Å². The van der Waals surface area contributed by atoms with Gasteiger partial charge in [0.25, 0.3) is 5.56 Å². The highest BCUT2D eigenvalue weighted by molar-refractivity contribution is 5.94. The number of nitrogens with zero attached hydrogens (tertiary/aromatic N) is 3. The molecule has 2 aromatic carbocycles. The number of aryl methyl sites for hydroxylation is 1. The summed E-state index contributed by atoms with van der Waals surface area (Å²) in [5, 5.41) is 0.282. The zero-order valence-corrected chi connectivity index (χ0v) is 14.8. The summed E-state index contributed by atoms with van der Waals surface area (Å²) in [6.07, 6.45) is 0. The molecular formula is C21H16FN3O2. The Balaban J connectivity index is 2.20. The van der Waals surface area contributed by atoms with Crippen molar-refractivity contribution in [3.8, 4) is 22.4 Å². The van der Waals surface area contributed by atoms with Gasteiger partial charge in [0.05, 0.1) is 11.1 Å². The lowest BCUT2D eigenvalue weighted by molar-refractivity contribution is 0.628. The maximum atomic E-state index is 13.8. The van der Waals surface area contributed by atoms with Gasteiger partial charge in [-0.2, -0.15) is 0 Å². The number of hydrogen-bond donors (Lipinski definition) is 0. The van der Waals surface area contributed by atoms with Crippen LogP contribution in [0.5, 0.6) is 0 Å². The molecule has 0 saturated carbocycles. The molecule has 0 amide bonds. The van der Waals surface area contributed by atoms with Crippen LogP contribution in [0.1, 0.15) is 0 Å². The van der Waals surface area contributed by atoms with E-state index < -0.39 is 17.1 Å². The summed E-state index contributed by atoms with van der Waals surface area (Å²) in [7, 11) is 2.99. The summed E-state index contributed by atoms with van der Waals surface area (Å²) in [6, 6.07) is 17.2. The first-order chi connectivity index (χ1) is 13.0. The average molecular weight is 361 g/mol. The van der Waals surface area contributed by atoms with Crippen LogP contribution in [-0.2, 0) is 14.1 Å². The number of hydrogen-bond acceptors (Lipinski definition) is 3. The third-order valence-electron chi connectivity index (χ3n) is 4.62. The molecule has 0 bridgehead atoms. The highest BCUT2D eigenvalue weighted by Gasteiger charge is 2.17. The van der Waals surface area contributed by atoms with Gasteiger partial charge >= 0.3 is 5.69 Å². The van der Waals surface area contributed by atoms with Gasteiger partial charge in [0, 0.05) is 25.2 Å². The van der Waals surface area contributed by atoms with Crippen LogP contribution < -0.4 is 11.2 Å². The van der Waals surface area contributed by atoms with Crippen molar-refractivity contribution in [1.29, 1.82) is 0 Å². The molecule has 4 aromatic rings. The van der Waals surface area contributed by atoms with Gasteiger partial charge in [-0.1, -0.05) is 42.5 Å². The molecule has 0 radical (unpaired) electrons. The molecule has 0 atom stereocenters. The molecule has 4 rings (SSSR count). The first kappa shape index (κ1) is 16.9. The van der Waals surface area contributed by atoms with E-state index in [1.165, 1.54) is 23.7 Å². The molecule has 0 N–H and O–H groups in total. The van der Waals surface area contributed by atoms with Gasteiger partial charge in [0.1, 0.15) is 5.82 Å². The quantitative estimate of drug-likeness (QED) is 0.551. The lowest BCUT2D eigenvalue weighted by Crippen LogP contribution is -2.37. The van der Waals surface area contributed by atoms with E-state index in [0.717, 1.165) is 10.1 Å². The topological polar surface area (TPSA) is 56.9 Å². The minimum Gasteiger partial charge on any atom is -0.280 e. The molecule has 0 spiro atoms. The Morgan fingerprint density at radius 3 is 2.26 bits per heavy atom. The van der Waals surface area contributed by atoms with Crippen LogP contribution in [0.15, 0.2) is 70.3 Å². The fraction of sp³-hybridized carbons (Fsp3) is 0.0952. The van der Waals surface area contributed by atoms with Gasteiger partial charge in [-0.15, -0.1) is 0 Å². The van der Waals surface area contributed by atoms with Crippen LogP contribution in [-0.4, -0.2) is 14.1 Å². The lowest BCUT2D eigenvalue weighted by atomic mass is 10.00. The Morgan fingerprint density at radius 2 is 1.56 bits per heavy atom. The second-order valence-electron chi connectivity index (χ2n) is 6.34. The second-order valence-corrected chi connectivity index (χ2v) is 6.34. The van der Waals surface area contributed by atoms with Crippen molar-refractivity contribution >= 4 is 11.0 Å². The first-order valence-electron chi connectivity index (χ1n) is 8.39. The zero-order chi connectivity index (χ0) is 19.1. The Kier molecular flexibility index (Phi) is 3.96. The summed E-state index contributed by atoms with van der Waals surface area (Å²) in [6.45, 7) is 0. The monoisotopic (exact) mass is 361 g/mol. The summed E-state index contributed by atoms with van der Waals surface area (Å²) >= 11 is 0. The van der Waals surface area contributed by atoms with Crippen LogP contribution in [0.2, 0.25) is 0 Å². The Hall–Kier alpha value is -3.54. The van der Waals surface area contributed by atoms with Gasteiger partial charge in [0.2, 0.25) is 0 Å². The molecule has 0 aliphatic rings. The minimum atomic E-state index is -0.463. The third-order valence-corrected chi connectivity index (χ3v) is 4.62. The van der Waals surface area contributed by atoms with Gasteiger partial charge < -0.3 is 0 Å². The summed E-state index contributed by atoms with van der Waals surface area (Å²) in [4.78, 5) is 29.8. The van der Waals surface area contributed by atoms with Crippen LogP contribution in [0.25, 0.3) is 33.4 Å². The number of aromatic nitrogens is 3. The van der Waals surface area contributed by atoms with E-state index in [2.05, 4.69) is 4.98 Å². The standard InChI is InChI=1S/C21H16FN3O2/c1-24-19-18(20(26)25(2)21(24)27)16(14-9-6-10-15(22)11-14)12-17(23-19)13-7-4-3-5-8-13/h3-12H,1-2H3. The predicted octanol–water partition coefficient (Wildman–Crippen LogP) is 3.11. The average Bonchev–Trinajstić information content (AvgIpc) is 2.70. The summed E-state index contributed by atoms with van der Waals surface area (Å²) < 4.78 is 16.2. The number of pyridine rings is 1. The van der Waals surface area contributed by atoms with Crippen molar-refractivity contribution in [3.05, 3.63) is 87.3 Å². The van der Waals surface area contributed by atoms with Gasteiger partial charge in [-0.3, -0.25) is 13.9 Å². The molecule has 27 heavy (non-hydrogen) atoms. The second kappa shape index (κ2) is 6.32. The zero-order valence-electron chi connectivity index (χ0n) is 14.8. The predicted molar refractivity (Wildman–Crippen MR) is 103 cm³/mol. The van der Waals surface area contributed by atoms with E-state index in [0.29, 0.717) is 16.8 Å². The van der Waals surface area contributed by atoms with E-state index in [-0.39, 0.29) is 11.0 Å². The van der Waals surface area contributed by atoms with Crippen molar-refractivity contribution in [3.63, 3.8) is 0 Å². The molecule has 5 nitrogen and oxygen atoms in total. The molecule has 0 aliphatic carbocycles. The molecular weight excluding hydrogens is 345 g/mol. The van der Waals surface area contributed by atoms with Crippen LogP contribution >= 0.6 is 0 Å². The maximum absolute atomic E-state index is 13.8. The minimum absolute atomic E-state index is 0.267. The normalized spacial score (nSPS) is 11.1. The molecule has 134 valence electrons. The highest BCUT2D eigenvalue weighted by Crippen LogP contribution is 2.30. The van der Waals surface area contributed by atoms with E-state index >= 15 is 0 Å². The number of rotatable bonds is 2. The van der Waals surface area contributed by atoms with E-state index in [4.69, 9.17) is 0 Å². The fourth-order valence-electron chi connectivity index (χ4n) is 3.20. The number of fused-ring (bicyclic) bond motifs is 1. The van der Waals surface area contributed by atoms with E-state index in [1.807, 2.05) is 30.3 Å². The van der Waals surface area contributed by atoms with Crippen molar-refractivity contribution < 1.29 is 4.39 Å². The smallest absolute Gasteiger partial charge is 0.280 e. The van der Waals surface area contributed by atoms with E-state index in [1.54, 1.807) is 25.2 Å². The first-order valence-corrected chi connectivity index (χ1v) is 8.39. The Labute approximate surface area is 154 Å². The summed E-state index contributed by atoms with van der Waals surface area (Å²) in [5.74, 6) is -0.402. The van der Waals surface area contributed by atoms with Crippen LogP contribution in [0.3, 0.4) is 0 Å². The lowest BCUT2D eigenvalue weighted by Gasteiger charge is -2.13. The van der Waals surface area contributed by atoms with Crippen molar-refractivity contribution in [2.75, 3.05) is 0 Å². The molecule has 0 unspecified atom stereocenters. The number of benzene rings is 2. The fourth-order valence-corrected chi connectivity index (χ4v) is 3.20. The van der Waals surface area contributed by atoms with Crippen molar-refractivity contribution in [1.82, 2.24) is 14.1 Å². The number of halogens is 1. The SMILES string of the molecule is Cn1c(=O)c2c(-c3cccc(F)c3)cc(-c3ccccc3)nc2n(C)c1=O. The maximum Gasteiger partial charge on any atom is 0.332 e. The van der Waals surface area contributed by atoms with Crippen LogP contribution in [0, 0.1) is 5.82 Å². The Bertz CT molecular complexity index is 1290. The third kappa shape index (κ3) is 2.75. The molecule has 0 fully saturated rings. The van der Waals surface area contributed by atoms with Gasteiger partial charge in [0.15, 0.2) is 5.65 Å². The Morgan fingerprint density at radius 1 is 0.852 bits per heavy atom. The van der Waals surface area contributed by atoms with E-state index in [9.17, 15) is 14.0 Å². The van der Waals surface area contributed by atoms with Crippen molar-refractivity contribution in [2.45, 2.75) is 0 Å². The molecule has 6 heteroatoms. The van der Waals surface area contributed by atoms with Gasteiger partial charge in [-0.05, 0) is 23.8 Å². The molecule has 2 aromatic heterocycles. The largest absolute Gasteiger partial charge is 0.332 e. The molecule has 0 saturated heterocycles.